The highest BCUT2D eigenvalue weighted by atomic mass is 16.6. The molecule has 0 aliphatic heterocycles. The number of carbonyl (C=O) groups is 1. The molecule has 0 aliphatic rings. The quantitative estimate of drug-likeness (QED) is 0.398. The van der Waals surface area contributed by atoms with Gasteiger partial charge in [-0.3, -0.25) is 25.4 Å². The number of non-ortho nitro benzene ring substituents is 1. The van der Waals surface area contributed by atoms with Gasteiger partial charge in [-0.05, 0) is 6.07 Å². The topological polar surface area (TPSA) is 141 Å². The highest BCUT2D eigenvalue weighted by molar-refractivity contribution is 6.00. The van der Waals surface area contributed by atoms with Crippen LogP contribution in [-0.2, 0) is 13.6 Å². The van der Waals surface area contributed by atoms with E-state index in [1.54, 1.807) is 7.05 Å². The lowest BCUT2D eigenvalue weighted by Gasteiger charge is -2.08. The fourth-order valence-electron chi connectivity index (χ4n) is 1.68. The smallest absolute Gasteiger partial charge is 0.270 e. The van der Waals surface area contributed by atoms with Crippen LogP contribution in [0.15, 0.2) is 24.5 Å². The highest BCUT2D eigenvalue weighted by Gasteiger charge is 2.16. The predicted molar refractivity (Wildman–Crippen MR) is 73.1 cm³/mol. The van der Waals surface area contributed by atoms with Gasteiger partial charge in [0.15, 0.2) is 5.82 Å². The number of hydrogen-bond donors (Lipinski definition) is 3. The number of hydrogen-bond acceptors (Lipinski definition) is 7. The summed E-state index contributed by atoms with van der Waals surface area (Å²) in [4.78, 5) is 26.2. The van der Waals surface area contributed by atoms with Crippen LogP contribution in [0, 0.1) is 10.1 Å². The number of amides is 1. The Bertz CT molecular complexity index is 682. The van der Waals surface area contributed by atoms with Crippen molar-refractivity contribution in [3.63, 3.8) is 0 Å². The largest absolute Gasteiger partial charge is 0.345 e. The molecule has 0 bridgehead atoms. The Kier molecular flexibility index (Phi) is 4.09. The molecule has 2 aromatic rings. The van der Waals surface area contributed by atoms with Gasteiger partial charge in [0.1, 0.15) is 6.33 Å². The zero-order valence-corrected chi connectivity index (χ0v) is 11.1. The molecule has 10 nitrogen and oxygen atoms in total. The summed E-state index contributed by atoms with van der Waals surface area (Å²) in [5.41, 5.74) is 2.48. The number of nitrogens with one attached hydrogen (secondary N) is 2. The minimum absolute atomic E-state index is 0.0719. The SMILES string of the molecule is Cn1cnc(CNC(=O)c2cc([N+](=O)[O-])ccc2NN)n1. The zero-order chi connectivity index (χ0) is 15.4. The molecule has 1 aromatic carbocycles. The lowest BCUT2D eigenvalue weighted by atomic mass is 10.1. The van der Waals surface area contributed by atoms with E-state index in [1.807, 2.05) is 0 Å². The second-order valence-corrected chi connectivity index (χ2v) is 4.15. The number of nitro benzene ring substituents is 1. The summed E-state index contributed by atoms with van der Waals surface area (Å²) in [5.74, 6) is 5.21. The first-order chi connectivity index (χ1) is 10.0. The third-order valence-electron chi connectivity index (χ3n) is 2.67. The van der Waals surface area contributed by atoms with E-state index >= 15 is 0 Å². The number of carbonyl (C=O) groups excluding carboxylic acids is 1. The number of aryl methyl sites for hydroxylation is 1. The van der Waals surface area contributed by atoms with Crippen molar-refractivity contribution in [2.45, 2.75) is 6.54 Å². The van der Waals surface area contributed by atoms with Gasteiger partial charge in [0, 0.05) is 19.2 Å². The molecule has 0 atom stereocenters. The summed E-state index contributed by atoms with van der Waals surface area (Å²) in [5, 5.41) is 17.3. The average Bonchev–Trinajstić information content (AvgIpc) is 2.89. The highest BCUT2D eigenvalue weighted by Crippen LogP contribution is 2.21. The first kappa shape index (κ1) is 14.4. The maximum Gasteiger partial charge on any atom is 0.270 e. The number of aromatic nitrogens is 3. The van der Waals surface area contributed by atoms with Crippen LogP contribution in [0.3, 0.4) is 0 Å². The van der Waals surface area contributed by atoms with Crippen molar-refractivity contribution < 1.29 is 9.72 Å². The fraction of sp³-hybridized carbons (Fsp3) is 0.182. The third-order valence-corrected chi connectivity index (χ3v) is 2.67. The van der Waals surface area contributed by atoms with Crippen molar-refractivity contribution in [3.05, 3.63) is 46.0 Å². The molecule has 1 aromatic heterocycles. The minimum Gasteiger partial charge on any atom is -0.345 e. The molecule has 21 heavy (non-hydrogen) atoms. The van der Waals surface area contributed by atoms with Crippen LogP contribution >= 0.6 is 0 Å². The van der Waals surface area contributed by atoms with Crippen molar-refractivity contribution in [1.29, 1.82) is 0 Å². The summed E-state index contributed by atoms with van der Waals surface area (Å²) in [6.07, 6.45) is 1.50. The van der Waals surface area contributed by atoms with Gasteiger partial charge in [-0.15, -0.1) is 0 Å². The van der Waals surface area contributed by atoms with Crippen LogP contribution < -0.4 is 16.6 Å². The number of rotatable bonds is 5. The molecule has 110 valence electrons. The zero-order valence-electron chi connectivity index (χ0n) is 11.1. The maximum atomic E-state index is 12.1. The second kappa shape index (κ2) is 5.96. The maximum absolute atomic E-state index is 12.1. The van der Waals surface area contributed by atoms with Gasteiger partial charge < -0.3 is 10.7 Å². The molecule has 0 fully saturated rings. The molecular weight excluding hydrogens is 278 g/mol. The van der Waals surface area contributed by atoms with Gasteiger partial charge in [-0.2, -0.15) is 5.10 Å². The Hall–Kier alpha value is -3.01. The van der Waals surface area contributed by atoms with Crippen molar-refractivity contribution in [2.75, 3.05) is 5.43 Å². The van der Waals surface area contributed by atoms with Crippen molar-refractivity contribution in [1.82, 2.24) is 20.1 Å². The van der Waals surface area contributed by atoms with Crippen LogP contribution in [0.4, 0.5) is 11.4 Å². The monoisotopic (exact) mass is 291 g/mol. The molecule has 0 unspecified atom stereocenters. The normalized spacial score (nSPS) is 10.2. The van der Waals surface area contributed by atoms with E-state index in [-0.39, 0.29) is 23.5 Å². The number of benzene rings is 1. The molecule has 2 rings (SSSR count). The number of nitro groups is 1. The van der Waals surface area contributed by atoms with E-state index in [2.05, 4.69) is 20.8 Å². The Morgan fingerprint density at radius 3 is 2.86 bits per heavy atom. The molecule has 4 N–H and O–H groups in total. The van der Waals surface area contributed by atoms with Gasteiger partial charge in [0.2, 0.25) is 0 Å². The lowest BCUT2D eigenvalue weighted by molar-refractivity contribution is -0.384. The molecule has 10 heteroatoms. The van der Waals surface area contributed by atoms with Gasteiger partial charge in [0.05, 0.1) is 22.7 Å². The first-order valence-corrected chi connectivity index (χ1v) is 5.89. The summed E-state index contributed by atoms with van der Waals surface area (Å²) in [6.45, 7) is 0.104. The van der Waals surface area contributed by atoms with Crippen molar-refractivity contribution in [2.24, 2.45) is 12.9 Å². The van der Waals surface area contributed by atoms with Crippen molar-refractivity contribution >= 4 is 17.3 Å². The first-order valence-electron chi connectivity index (χ1n) is 5.89. The van der Waals surface area contributed by atoms with E-state index in [9.17, 15) is 14.9 Å². The summed E-state index contributed by atoms with van der Waals surface area (Å²) >= 11 is 0. The number of hydrazine groups is 1. The molecule has 0 spiro atoms. The third kappa shape index (κ3) is 3.30. The van der Waals surface area contributed by atoms with Crippen LogP contribution in [0.1, 0.15) is 16.2 Å². The van der Waals surface area contributed by atoms with Gasteiger partial charge >= 0.3 is 0 Å². The summed E-state index contributed by atoms with van der Waals surface area (Å²) in [7, 11) is 1.70. The molecule has 0 aliphatic carbocycles. The Morgan fingerprint density at radius 1 is 1.52 bits per heavy atom. The van der Waals surface area contributed by atoms with E-state index < -0.39 is 10.8 Å². The van der Waals surface area contributed by atoms with Crippen LogP contribution in [0.5, 0.6) is 0 Å². The van der Waals surface area contributed by atoms with Crippen LogP contribution in [0.2, 0.25) is 0 Å². The Balaban J connectivity index is 2.17. The van der Waals surface area contributed by atoms with E-state index in [0.717, 1.165) is 6.07 Å². The van der Waals surface area contributed by atoms with E-state index in [4.69, 9.17) is 5.84 Å². The lowest BCUT2D eigenvalue weighted by Crippen LogP contribution is -2.25. The molecule has 1 heterocycles. The Morgan fingerprint density at radius 2 is 2.29 bits per heavy atom. The average molecular weight is 291 g/mol. The number of nitrogens with zero attached hydrogens (tertiary/aromatic N) is 4. The number of anilines is 1. The standard InChI is InChI=1S/C11H13N7O3/c1-17-6-14-10(16-17)5-13-11(19)8-4-7(18(20)21)2-3-9(8)15-12/h2-4,6,15H,5,12H2,1H3,(H,13,19). The van der Waals surface area contributed by atoms with E-state index in [0.29, 0.717) is 5.82 Å². The second-order valence-electron chi connectivity index (χ2n) is 4.15. The van der Waals surface area contributed by atoms with E-state index in [1.165, 1.54) is 23.1 Å². The van der Waals surface area contributed by atoms with Gasteiger partial charge in [-0.1, -0.05) is 0 Å². The molecule has 0 saturated carbocycles. The fourth-order valence-corrected chi connectivity index (χ4v) is 1.68. The van der Waals surface area contributed by atoms with Crippen molar-refractivity contribution in [3.8, 4) is 0 Å². The molecular formula is C11H13N7O3. The summed E-state index contributed by atoms with van der Waals surface area (Å²) < 4.78 is 1.50. The number of nitrogen functional groups attached to an aromatic ring is 1. The van der Waals surface area contributed by atoms with Crippen LogP contribution in [0.25, 0.3) is 0 Å². The number of nitrogens with two attached hydrogens (primary N) is 1. The minimum atomic E-state index is -0.586. The molecule has 1 amide bonds. The van der Waals surface area contributed by atoms with Gasteiger partial charge in [0.25, 0.3) is 11.6 Å². The Labute approximate surface area is 119 Å². The molecule has 0 saturated heterocycles. The van der Waals surface area contributed by atoms with Gasteiger partial charge in [-0.25, -0.2) is 4.98 Å². The van der Waals surface area contributed by atoms with Crippen LogP contribution in [-0.4, -0.2) is 25.6 Å². The molecule has 0 radical (unpaired) electrons. The summed E-state index contributed by atoms with van der Waals surface area (Å²) in [6, 6.07) is 3.77. The predicted octanol–water partition coefficient (Wildman–Crippen LogP) is -0.0611.